The number of hydrogen-bond donors (Lipinski definition) is 2. The van der Waals surface area contributed by atoms with Gasteiger partial charge in [0.2, 0.25) is 0 Å². The monoisotopic (exact) mass is 354 g/mol. The van der Waals surface area contributed by atoms with Crippen LogP contribution in [0.25, 0.3) is 21.5 Å². The molecule has 2 nitrogen and oxygen atoms in total. The number of anilines is 2. The first-order chi connectivity index (χ1) is 13.3. The van der Waals surface area contributed by atoms with Crippen molar-refractivity contribution in [2.45, 2.75) is 20.3 Å². The van der Waals surface area contributed by atoms with Crippen molar-refractivity contribution in [3.8, 4) is 0 Å². The van der Waals surface area contributed by atoms with Crippen molar-refractivity contribution in [1.29, 1.82) is 0 Å². The molecule has 0 saturated carbocycles. The maximum Gasteiger partial charge on any atom is 0.0419 e. The zero-order chi connectivity index (χ0) is 18.6. The molecule has 0 spiro atoms. The van der Waals surface area contributed by atoms with E-state index in [0.29, 0.717) is 0 Å². The topological polar surface area (TPSA) is 24.1 Å². The van der Waals surface area contributed by atoms with Crippen molar-refractivity contribution >= 4 is 32.9 Å². The van der Waals surface area contributed by atoms with Gasteiger partial charge < -0.3 is 10.6 Å². The van der Waals surface area contributed by atoms with Gasteiger partial charge >= 0.3 is 0 Å². The number of rotatable bonds is 6. The number of fused-ring (bicyclic) bond motifs is 2. The Morgan fingerprint density at radius 1 is 0.519 bits per heavy atom. The Balaban J connectivity index is 1.81. The molecule has 4 rings (SSSR count). The summed E-state index contributed by atoms with van der Waals surface area (Å²) in [4.78, 5) is 0. The summed E-state index contributed by atoms with van der Waals surface area (Å²) in [5, 5.41) is 12.2. The number of nitrogens with one attached hydrogen (secondary N) is 2. The fourth-order valence-electron chi connectivity index (χ4n) is 3.93. The average molecular weight is 354 g/mol. The first-order valence-electron chi connectivity index (χ1n) is 9.80. The third-order valence-electron chi connectivity index (χ3n) is 5.14. The second-order valence-corrected chi connectivity index (χ2v) is 6.87. The van der Waals surface area contributed by atoms with Crippen LogP contribution in [0.1, 0.15) is 25.0 Å². The molecule has 0 radical (unpaired) electrons. The Morgan fingerprint density at radius 2 is 0.926 bits per heavy atom. The molecule has 2 N–H and O–H groups in total. The maximum atomic E-state index is 3.48. The average Bonchev–Trinajstić information content (AvgIpc) is 2.72. The lowest BCUT2D eigenvalue weighted by molar-refractivity contribution is 1.20. The number of benzene rings is 4. The summed E-state index contributed by atoms with van der Waals surface area (Å²) < 4.78 is 0. The van der Waals surface area contributed by atoms with Gasteiger partial charge in [-0.15, -0.1) is 0 Å². The predicted molar refractivity (Wildman–Crippen MR) is 119 cm³/mol. The van der Waals surface area contributed by atoms with Gasteiger partial charge in [0, 0.05) is 35.2 Å². The molecule has 4 aromatic rings. The van der Waals surface area contributed by atoms with E-state index in [0.717, 1.165) is 19.5 Å². The lowest BCUT2D eigenvalue weighted by Gasteiger charge is -2.15. The van der Waals surface area contributed by atoms with Gasteiger partial charge in [-0.2, -0.15) is 0 Å². The van der Waals surface area contributed by atoms with Crippen LogP contribution in [-0.2, 0) is 6.42 Å². The molecule has 0 amide bonds. The van der Waals surface area contributed by atoms with Crippen LogP contribution in [0.5, 0.6) is 0 Å². The van der Waals surface area contributed by atoms with E-state index in [4.69, 9.17) is 0 Å². The first kappa shape index (κ1) is 17.4. The molecule has 0 atom stereocenters. The summed E-state index contributed by atoms with van der Waals surface area (Å²) in [5.41, 5.74) is 5.16. The minimum absolute atomic E-state index is 0.930. The molecule has 0 unspecified atom stereocenters. The van der Waals surface area contributed by atoms with Crippen molar-refractivity contribution in [2.24, 2.45) is 0 Å². The van der Waals surface area contributed by atoms with E-state index in [1.807, 2.05) is 0 Å². The van der Waals surface area contributed by atoms with Crippen molar-refractivity contribution < 1.29 is 0 Å². The van der Waals surface area contributed by atoms with Crippen LogP contribution in [0.4, 0.5) is 11.4 Å². The zero-order valence-electron chi connectivity index (χ0n) is 16.0. The lowest BCUT2D eigenvalue weighted by Crippen LogP contribution is -2.00. The fraction of sp³-hybridized carbons (Fsp3) is 0.200. The molecular weight excluding hydrogens is 328 g/mol. The standard InChI is InChI=1S/C25H26N2/c1-3-26-24-15-13-18(20-9-5-7-11-22(20)24)17-19-14-16-25(27-4-2)23-12-8-6-10-21(19)23/h5-16,26-27H,3-4,17H2,1-2H3. The van der Waals surface area contributed by atoms with Crippen molar-refractivity contribution in [2.75, 3.05) is 23.7 Å². The zero-order valence-corrected chi connectivity index (χ0v) is 16.0. The molecule has 0 aliphatic carbocycles. The van der Waals surface area contributed by atoms with Gasteiger partial charge in [0.15, 0.2) is 0 Å². The van der Waals surface area contributed by atoms with E-state index in [-0.39, 0.29) is 0 Å². The second-order valence-electron chi connectivity index (χ2n) is 6.87. The number of hydrogen-bond acceptors (Lipinski definition) is 2. The molecule has 136 valence electrons. The third kappa shape index (κ3) is 3.35. The third-order valence-corrected chi connectivity index (χ3v) is 5.14. The normalized spacial score (nSPS) is 11.0. The van der Waals surface area contributed by atoms with E-state index in [2.05, 4.69) is 97.3 Å². The van der Waals surface area contributed by atoms with E-state index in [1.54, 1.807) is 0 Å². The molecule has 0 aliphatic rings. The molecule has 0 bridgehead atoms. The minimum atomic E-state index is 0.930. The molecule has 0 saturated heterocycles. The highest BCUT2D eigenvalue weighted by atomic mass is 14.9. The fourth-order valence-corrected chi connectivity index (χ4v) is 3.93. The predicted octanol–water partition coefficient (Wildman–Crippen LogP) is 6.45. The Bertz CT molecular complexity index is 995. The SMILES string of the molecule is CCNc1ccc(Cc2ccc(NCC)c3ccccc23)c2ccccc12. The van der Waals surface area contributed by atoms with Crippen molar-refractivity contribution in [3.05, 3.63) is 83.9 Å². The van der Waals surface area contributed by atoms with Gasteiger partial charge in [-0.3, -0.25) is 0 Å². The summed E-state index contributed by atoms with van der Waals surface area (Å²) >= 11 is 0. The summed E-state index contributed by atoms with van der Waals surface area (Å²) in [7, 11) is 0. The molecule has 0 aliphatic heterocycles. The highest BCUT2D eigenvalue weighted by Gasteiger charge is 2.10. The van der Waals surface area contributed by atoms with Crippen LogP contribution in [0, 0.1) is 0 Å². The van der Waals surface area contributed by atoms with Crippen LogP contribution in [0.2, 0.25) is 0 Å². The van der Waals surface area contributed by atoms with Crippen molar-refractivity contribution in [3.63, 3.8) is 0 Å². The molecule has 0 aromatic heterocycles. The maximum absolute atomic E-state index is 3.48. The van der Waals surface area contributed by atoms with Crippen LogP contribution in [-0.4, -0.2) is 13.1 Å². The van der Waals surface area contributed by atoms with Gasteiger partial charge in [-0.1, -0.05) is 60.7 Å². The Morgan fingerprint density at radius 3 is 1.33 bits per heavy atom. The van der Waals surface area contributed by atoms with Crippen LogP contribution in [0.3, 0.4) is 0 Å². The highest BCUT2D eigenvalue weighted by molar-refractivity contribution is 5.98. The minimum Gasteiger partial charge on any atom is -0.385 e. The Kier molecular flexibility index (Phi) is 4.97. The van der Waals surface area contributed by atoms with Crippen LogP contribution >= 0.6 is 0 Å². The van der Waals surface area contributed by atoms with E-state index in [9.17, 15) is 0 Å². The second kappa shape index (κ2) is 7.71. The molecule has 4 aromatic carbocycles. The van der Waals surface area contributed by atoms with E-state index < -0.39 is 0 Å². The molecular formula is C25H26N2. The Labute approximate surface area is 161 Å². The Hall–Kier alpha value is -3.00. The van der Waals surface area contributed by atoms with Gasteiger partial charge in [-0.05, 0) is 54.3 Å². The molecule has 0 fully saturated rings. The summed E-state index contributed by atoms with van der Waals surface area (Å²) in [6.07, 6.45) is 0.930. The summed E-state index contributed by atoms with van der Waals surface area (Å²) in [6.45, 7) is 6.14. The van der Waals surface area contributed by atoms with Gasteiger partial charge in [0.25, 0.3) is 0 Å². The molecule has 0 heterocycles. The molecule has 2 heteroatoms. The quantitative estimate of drug-likeness (QED) is 0.416. The smallest absolute Gasteiger partial charge is 0.0419 e. The van der Waals surface area contributed by atoms with E-state index in [1.165, 1.54) is 44.0 Å². The van der Waals surface area contributed by atoms with Crippen LogP contribution in [0.15, 0.2) is 72.8 Å². The summed E-state index contributed by atoms with van der Waals surface area (Å²) in [6, 6.07) is 26.4. The van der Waals surface area contributed by atoms with Gasteiger partial charge in [-0.25, -0.2) is 0 Å². The van der Waals surface area contributed by atoms with Crippen molar-refractivity contribution in [1.82, 2.24) is 0 Å². The van der Waals surface area contributed by atoms with Gasteiger partial charge in [0.05, 0.1) is 0 Å². The highest BCUT2D eigenvalue weighted by Crippen LogP contribution is 2.32. The van der Waals surface area contributed by atoms with Crippen LogP contribution < -0.4 is 10.6 Å². The largest absolute Gasteiger partial charge is 0.385 e. The lowest BCUT2D eigenvalue weighted by atomic mass is 9.94. The van der Waals surface area contributed by atoms with E-state index >= 15 is 0 Å². The van der Waals surface area contributed by atoms with Gasteiger partial charge in [0.1, 0.15) is 0 Å². The molecule has 27 heavy (non-hydrogen) atoms. The first-order valence-corrected chi connectivity index (χ1v) is 9.80. The summed E-state index contributed by atoms with van der Waals surface area (Å²) in [5.74, 6) is 0.